The van der Waals surface area contributed by atoms with E-state index in [1.54, 1.807) is 30.0 Å². The number of nitrogens with zero attached hydrogens (tertiary/aromatic N) is 2. The van der Waals surface area contributed by atoms with Gasteiger partial charge in [-0.3, -0.25) is 19.5 Å². The maximum Gasteiger partial charge on any atom is 0.238 e. The average molecular weight is 415 g/mol. The van der Waals surface area contributed by atoms with Crippen molar-refractivity contribution >= 4 is 28.8 Å². The average Bonchev–Trinajstić information content (AvgIpc) is 3.37. The number of thiazole rings is 1. The van der Waals surface area contributed by atoms with E-state index in [4.69, 9.17) is 4.74 Å². The fourth-order valence-corrected chi connectivity index (χ4v) is 5.00. The van der Waals surface area contributed by atoms with Gasteiger partial charge in [-0.2, -0.15) is 0 Å². The van der Waals surface area contributed by atoms with Crippen molar-refractivity contribution in [2.75, 3.05) is 19.0 Å². The fraction of sp³-hybridized carbons (Fsp3) is 0.476. The molecule has 154 valence electrons. The summed E-state index contributed by atoms with van der Waals surface area (Å²) >= 11 is 1.58. The van der Waals surface area contributed by atoms with Gasteiger partial charge in [0.15, 0.2) is 0 Å². The molecule has 2 aromatic rings. The monoisotopic (exact) mass is 414 g/mol. The van der Waals surface area contributed by atoms with E-state index in [2.05, 4.69) is 20.5 Å². The predicted octanol–water partition coefficient (Wildman–Crippen LogP) is 2.79. The number of ether oxygens (including phenoxy) is 1. The van der Waals surface area contributed by atoms with Crippen LogP contribution in [0.3, 0.4) is 0 Å². The van der Waals surface area contributed by atoms with E-state index in [1.807, 2.05) is 24.4 Å². The standard InChI is InChI=1S/C21H26N4O3S/c1-28-16-6-4-5-15(9-16)23-19(26)10-18-20(27)24-21(7-2-3-8-21)13-25(18)12-17-11-22-14-29-17/h4-6,9,11,14,18H,2-3,7-8,10,12-13H2,1H3,(H,23,26)(H,24,27). The number of methoxy groups -OCH3 is 1. The third-order valence-corrected chi connectivity index (χ3v) is 6.54. The Balaban J connectivity index is 1.48. The van der Waals surface area contributed by atoms with E-state index >= 15 is 0 Å². The molecule has 2 fully saturated rings. The third-order valence-electron chi connectivity index (χ3n) is 5.77. The van der Waals surface area contributed by atoms with Crippen molar-refractivity contribution in [1.29, 1.82) is 0 Å². The lowest BCUT2D eigenvalue weighted by molar-refractivity contribution is -0.137. The third kappa shape index (κ3) is 4.59. The molecule has 1 aliphatic heterocycles. The first-order valence-electron chi connectivity index (χ1n) is 9.94. The molecule has 0 radical (unpaired) electrons. The van der Waals surface area contributed by atoms with Gasteiger partial charge in [0, 0.05) is 35.9 Å². The Morgan fingerprint density at radius 2 is 2.24 bits per heavy atom. The van der Waals surface area contributed by atoms with Gasteiger partial charge in [0.25, 0.3) is 0 Å². The van der Waals surface area contributed by atoms with Crippen LogP contribution < -0.4 is 15.4 Å². The maximum atomic E-state index is 13.0. The summed E-state index contributed by atoms with van der Waals surface area (Å²) in [5.41, 5.74) is 2.31. The number of anilines is 1. The number of rotatable bonds is 6. The Labute approximate surface area is 174 Å². The van der Waals surface area contributed by atoms with Crippen LogP contribution in [0.2, 0.25) is 0 Å². The topological polar surface area (TPSA) is 83.6 Å². The predicted molar refractivity (Wildman–Crippen MR) is 112 cm³/mol. The molecule has 2 aliphatic rings. The van der Waals surface area contributed by atoms with E-state index in [-0.39, 0.29) is 23.8 Å². The summed E-state index contributed by atoms with van der Waals surface area (Å²) in [5.74, 6) is 0.437. The summed E-state index contributed by atoms with van der Waals surface area (Å²) in [5, 5.41) is 6.14. The van der Waals surface area contributed by atoms with Crippen molar-refractivity contribution in [3.8, 4) is 5.75 Å². The van der Waals surface area contributed by atoms with Gasteiger partial charge in [-0.15, -0.1) is 11.3 Å². The van der Waals surface area contributed by atoms with Crippen LogP contribution in [-0.4, -0.2) is 46.9 Å². The molecule has 1 saturated heterocycles. The number of hydrogen-bond donors (Lipinski definition) is 2. The molecule has 1 saturated carbocycles. The highest BCUT2D eigenvalue weighted by Crippen LogP contribution is 2.35. The molecule has 2 N–H and O–H groups in total. The summed E-state index contributed by atoms with van der Waals surface area (Å²) in [4.78, 5) is 33.1. The molecule has 4 rings (SSSR count). The molecular weight excluding hydrogens is 388 g/mol. The maximum absolute atomic E-state index is 13.0. The van der Waals surface area contributed by atoms with Crippen LogP contribution in [0.15, 0.2) is 36.0 Å². The Kier molecular flexibility index (Phi) is 5.82. The minimum atomic E-state index is -0.492. The highest BCUT2D eigenvalue weighted by atomic mass is 32.1. The minimum Gasteiger partial charge on any atom is -0.497 e. The van der Waals surface area contributed by atoms with Crippen molar-refractivity contribution in [3.05, 3.63) is 40.8 Å². The SMILES string of the molecule is COc1cccc(NC(=O)CC2C(=O)NC3(CCCC3)CN2Cc2cncs2)c1. The van der Waals surface area contributed by atoms with Crippen molar-refractivity contribution in [2.45, 2.75) is 50.2 Å². The lowest BCUT2D eigenvalue weighted by Gasteiger charge is -2.45. The van der Waals surface area contributed by atoms with Gasteiger partial charge in [0.2, 0.25) is 11.8 Å². The number of carbonyl (C=O) groups excluding carboxylic acids is 2. The van der Waals surface area contributed by atoms with Crippen LogP contribution in [0.25, 0.3) is 0 Å². The number of amides is 2. The number of hydrogen-bond acceptors (Lipinski definition) is 6. The largest absolute Gasteiger partial charge is 0.497 e. The van der Waals surface area contributed by atoms with Gasteiger partial charge in [-0.05, 0) is 25.0 Å². The molecule has 1 aromatic carbocycles. The van der Waals surface area contributed by atoms with Gasteiger partial charge < -0.3 is 15.4 Å². The first kappa shape index (κ1) is 19.8. The van der Waals surface area contributed by atoms with Crippen LogP contribution in [-0.2, 0) is 16.1 Å². The van der Waals surface area contributed by atoms with E-state index in [1.165, 1.54) is 0 Å². The quantitative estimate of drug-likeness (QED) is 0.759. The number of carbonyl (C=O) groups is 2. The van der Waals surface area contributed by atoms with Crippen LogP contribution in [0.1, 0.15) is 37.0 Å². The van der Waals surface area contributed by atoms with Gasteiger partial charge >= 0.3 is 0 Å². The van der Waals surface area contributed by atoms with Crippen LogP contribution in [0.4, 0.5) is 5.69 Å². The Hall–Kier alpha value is -2.45. The zero-order chi connectivity index (χ0) is 20.3. The molecule has 1 unspecified atom stereocenters. The molecule has 1 atom stereocenters. The number of piperazine rings is 1. The molecule has 2 amide bonds. The second-order valence-corrected chi connectivity index (χ2v) is 8.82. The number of nitrogens with one attached hydrogen (secondary N) is 2. The van der Waals surface area contributed by atoms with Crippen molar-refractivity contribution in [2.24, 2.45) is 0 Å². The minimum absolute atomic E-state index is 0.0524. The highest BCUT2D eigenvalue weighted by molar-refractivity contribution is 7.09. The fourth-order valence-electron chi connectivity index (χ4n) is 4.38. The van der Waals surface area contributed by atoms with Gasteiger partial charge in [-0.1, -0.05) is 18.9 Å². The zero-order valence-corrected chi connectivity index (χ0v) is 17.3. The zero-order valence-electron chi connectivity index (χ0n) is 16.5. The Morgan fingerprint density at radius 3 is 2.97 bits per heavy atom. The summed E-state index contributed by atoms with van der Waals surface area (Å²) < 4.78 is 5.20. The molecule has 7 nitrogen and oxygen atoms in total. The second-order valence-electron chi connectivity index (χ2n) is 7.85. The molecule has 1 aromatic heterocycles. The van der Waals surface area contributed by atoms with E-state index in [9.17, 15) is 9.59 Å². The van der Waals surface area contributed by atoms with Crippen molar-refractivity contribution in [1.82, 2.24) is 15.2 Å². The molecule has 1 spiro atoms. The molecule has 1 aliphatic carbocycles. The molecular formula is C21H26N4O3S. The first-order valence-corrected chi connectivity index (χ1v) is 10.8. The lowest BCUT2D eigenvalue weighted by Crippen LogP contribution is -2.66. The second kappa shape index (κ2) is 8.51. The number of benzene rings is 1. The van der Waals surface area contributed by atoms with Crippen LogP contribution in [0.5, 0.6) is 5.75 Å². The molecule has 29 heavy (non-hydrogen) atoms. The van der Waals surface area contributed by atoms with E-state index in [0.29, 0.717) is 18.0 Å². The van der Waals surface area contributed by atoms with Crippen molar-refractivity contribution < 1.29 is 14.3 Å². The van der Waals surface area contributed by atoms with Crippen LogP contribution >= 0.6 is 11.3 Å². The van der Waals surface area contributed by atoms with Gasteiger partial charge in [0.05, 0.1) is 30.6 Å². The smallest absolute Gasteiger partial charge is 0.238 e. The van der Waals surface area contributed by atoms with E-state index < -0.39 is 6.04 Å². The molecule has 2 heterocycles. The van der Waals surface area contributed by atoms with E-state index in [0.717, 1.165) is 37.1 Å². The summed E-state index contributed by atoms with van der Waals surface area (Å²) in [6.45, 7) is 1.41. The first-order chi connectivity index (χ1) is 14.1. The Bertz CT molecular complexity index is 865. The highest BCUT2D eigenvalue weighted by Gasteiger charge is 2.45. The van der Waals surface area contributed by atoms with Gasteiger partial charge in [-0.25, -0.2) is 0 Å². The number of aromatic nitrogens is 1. The molecule has 8 heteroatoms. The Morgan fingerprint density at radius 1 is 1.41 bits per heavy atom. The molecule has 0 bridgehead atoms. The lowest BCUT2D eigenvalue weighted by atomic mass is 9.91. The summed E-state index contributed by atoms with van der Waals surface area (Å²) in [7, 11) is 1.59. The normalized spacial score (nSPS) is 21.1. The van der Waals surface area contributed by atoms with Crippen LogP contribution in [0, 0.1) is 0 Å². The van der Waals surface area contributed by atoms with Crippen molar-refractivity contribution in [3.63, 3.8) is 0 Å². The van der Waals surface area contributed by atoms with Gasteiger partial charge in [0.1, 0.15) is 5.75 Å². The summed E-state index contributed by atoms with van der Waals surface area (Å²) in [6, 6.07) is 6.73. The summed E-state index contributed by atoms with van der Waals surface area (Å²) in [6.07, 6.45) is 6.22.